The summed E-state index contributed by atoms with van der Waals surface area (Å²) in [5, 5.41) is 3.34. The van der Waals surface area contributed by atoms with Crippen LogP contribution in [-0.4, -0.2) is 15.9 Å². The van der Waals surface area contributed by atoms with Crippen LogP contribution in [0.3, 0.4) is 0 Å². The molecule has 2 aromatic rings. The van der Waals surface area contributed by atoms with E-state index in [0.717, 1.165) is 5.56 Å². The van der Waals surface area contributed by atoms with Crippen molar-refractivity contribution < 1.29 is 4.79 Å². The third-order valence-electron chi connectivity index (χ3n) is 2.71. The van der Waals surface area contributed by atoms with Gasteiger partial charge in [0.05, 0.1) is 16.6 Å². The van der Waals surface area contributed by atoms with E-state index in [2.05, 4.69) is 15.3 Å². The number of imidazole rings is 1. The van der Waals surface area contributed by atoms with Crippen LogP contribution in [0.2, 0.25) is 5.02 Å². The van der Waals surface area contributed by atoms with Crippen molar-refractivity contribution in [3.8, 4) is 0 Å². The predicted octanol–water partition coefficient (Wildman–Crippen LogP) is 2.86. The monoisotopic (exact) mass is 263 g/mol. The molecule has 0 aliphatic heterocycles. The fraction of sp³-hybridized carbons (Fsp3) is 0.231. The Bertz CT molecular complexity index is 551. The van der Waals surface area contributed by atoms with Crippen molar-refractivity contribution >= 4 is 17.5 Å². The maximum absolute atomic E-state index is 12.1. The van der Waals surface area contributed by atoms with E-state index in [1.807, 2.05) is 26.0 Å². The second-order valence-electron chi connectivity index (χ2n) is 4.11. The molecule has 0 aliphatic rings. The number of hydrogen-bond acceptors (Lipinski definition) is 2. The number of nitrogens with one attached hydrogen (secondary N) is 2. The molecule has 0 saturated carbocycles. The van der Waals surface area contributed by atoms with Crippen molar-refractivity contribution in [3.05, 3.63) is 52.6 Å². The number of aromatic amines is 1. The Morgan fingerprint density at radius 1 is 1.50 bits per heavy atom. The van der Waals surface area contributed by atoms with E-state index in [4.69, 9.17) is 11.6 Å². The maximum atomic E-state index is 12.1. The highest BCUT2D eigenvalue weighted by Gasteiger charge is 2.15. The second-order valence-corrected chi connectivity index (χ2v) is 4.48. The van der Waals surface area contributed by atoms with E-state index in [9.17, 15) is 4.79 Å². The molecule has 2 N–H and O–H groups in total. The van der Waals surface area contributed by atoms with Gasteiger partial charge in [-0.3, -0.25) is 4.79 Å². The number of hydrogen-bond donors (Lipinski definition) is 2. The van der Waals surface area contributed by atoms with E-state index in [1.54, 1.807) is 18.5 Å². The maximum Gasteiger partial charge on any atom is 0.253 e. The summed E-state index contributed by atoms with van der Waals surface area (Å²) >= 11 is 6.11. The summed E-state index contributed by atoms with van der Waals surface area (Å²) < 4.78 is 0. The third kappa shape index (κ3) is 2.54. The zero-order valence-corrected chi connectivity index (χ0v) is 11.0. The average Bonchev–Trinajstić information content (AvgIpc) is 2.86. The van der Waals surface area contributed by atoms with Crippen LogP contribution < -0.4 is 5.32 Å². The Morgan fingerprint density at radius 2 is 2.28 bits per heavy atom. The normalized spacial score (nSPS) is 12.2. The van der Waals surface area contributed by atoms with Gasteiger partial charge in [0, 0.05) is 12.4 Å². The molecule has 0 saturated heterocycles. The zero-order chi connectivity index (χ0) is 13.1. The number of rotatable bonds is 3. The molecule has 0 fully saturated rings. The van der Waals surface area contributed by atoms with Gasteiger partial charge in [-0.1, -0.05) is 23.7 Å². The summed E-state index contributed by atoms with van der Waals surface area (Å²) in [6, 6.07) is 5.20. The Hall–Kier alpha value is -1.81. The largest absolute Gasteiger partial charge is 0.347 e. The third-order valence-corrected chi connectivity index (χ3v) is 3.22. The molecule has 1 atom stereocenters. The van der Waals surface area contributed by atoms with Gasteiger partial charge < -0.3 is 10.3 Å². The summed E-state index contributed by atoms with van der Waals surface area (Å²) in [7, 11) is 0. The lowest BCUT2D eigenvalue weighted by atomic mass is 10.1. The molecule has 1 unspecified atom stereocenters. The lowest BCUT2D eigenvalue weighted by molar-refractivity contribution is 0.0938. The average molecular weight is 264 g/mol. The number of nitrogens with zero attached hydrogens (tertiary/aromatic N) is 1. The number of carbonyl (C=O) groups is 1. The van der Waals surface area contributed by atoms with E-state index < -0.39 is 0 Å². The minimum Gasteiger partial charge on any atom is -0.347 e. The van der Waals surface area contributed by atoms with Crippen LogP contribution in [0, 0.1) is 6.92 Å². The summed E-state index contributed by atoms with van der Waals surface area (Å²) in [6.07, 6.45) is 3.37. The first-order valence-electron chi connectivity index (χ1n) is 5.65. The van der Waals surface area contributed by atoms with Crippen LogP contribution in [0.5, 0.6) is 0 Å². The number of aryl methyl sites for hydroxylation is 1. The molecular weight excluding hydrogens is 250 g/mol. The molecule has 0 aliphatic carbocycles. The lowest BCUT2D eigenvalue weighted by Gasteiger charge is -2.13. The molecule has 5 heteroatoms. The highest BCUT2D eigenvalue weighted by molar-refractivity contribution is 6.34. The molecular formula is C13H14ClN3O. The van der Waals surface area contributed by atoms with Crippen LogP contribution in [0.1, 0.15) is 34.7 Å². The van der Waals surface area contributed by atoms with Crippen LogP contribution >= 0.6 is 11.6 Å². The molecule has 4 nitrogen and oxygen atoms in total. The topological polar surface area (TPSA) is 57.8 Å². The van der Waals surface area contributed by atoms with E-state index in [1.165, 1.54) is 0 Å². The number of H-pyrrole nitrogens is 1. The van der Waals surface area contributed by atoms with Crippen molar-refractivity contribution in [3.63, 3.8) is 0 Å². The summed E-state index contributed by atoms with van der Waals surface area (Å²) in [5.41, 5.74) is 1.37. The molecule has 1 aromatic carbocycles. The first kappa shape index (κ1) is 12.6. The fourth-order valence-electron chi connectivity index (χ4n) is 1.68. The van der Waals surface area contributed by atoms with Crippen LogP contribution in [-0.2, 0) is 0 Å². The van der Waals surface area contributed by atoms with Crippen molar-refractivity contribution in [2.45, 2.75) is 19.9 Å². The van der Waals surface area contributed by atoms with Gasteiger partial charge in [0.15, 0.2) is 0 Å². The van der Waals surface area contributed by atoms with Gasteiger partial charge in [0.2, 0.25) is 0 Å². The molecule has 0 bridgehead atoms. The number of benzene rings is 1. The Labute approximate surface area is 110 Å². The highest BCUT2D eigenvalue weighted by atomic mass is 35.5. The van der Waals surface area contributed by atoms with E-state index in [-0.39, 0.29) is 11.9 Å². The SMILES string of the molecule is Cc1cccc(C(=O)NC(C)c2ncc[nH]2)c1Cl. The molecule has 1 heterocycles. The van der Waals surface area contributed by atoms with Gasteiger partial charge in [-0.25, -0.2) is 4.98 Å². The van der Waals surface area contributed by atoms with Gasteiger partial charge >= 0.3 is 0 Å². The van der Waals surface area contributed by atoms with Gasteiger partial charge in [-0.2, -0.15) is 0 Å². The quantitative estimate of drug-likeness (QED) is 0.895. The van der Waals surface area contributed by atoms with E-state index >= 15 is 0 Å². The number of halogens is 1. The van der Waals surface area contributed by atoms with Gasteiger partial charge in [-0.15, -0.1) is 0 Å². The van der Waals surface area contributed by atoms with Crippen LogP contribution in [0.15, 0.2) is 30.6 Å². The molecule has 0 radical (unpaired) electrons. The number of aromatic nitrogens is 2. The van der Waals surface area contributed by atoms with Crippen molar-refractivity contribution in [2.24, 2.45) is 0 Å². The van der Waals surface area contributed by atoms with Gasteiger partial charge in [0.25, 0.3) is 5.91 Å². The van der Waals surface area contributed by atoms with Crippen LogP contribution in [0.25, 0.3) is 0 Å². The summed E-state index contributed by atoms with van der Waals surface area (Å²) in [6.45, 7) is 3.73. The first-order valence-corrected chi connectivity index (χ1v) is 6.02. The highest BCUT2D eigenvalue weighted by Crippen LogP contribution is 2.20. The van der Waals surface area contributed by atoms with Crippen LogP contribution in [0.4, 0.5) is 0 Å². The zero-order valence-electron chi connectivity index (χ0n) is 10.2. The predicted molar refractivity (Wildman–Crippen MR) is 70.7 cm³/mol. The Kier molecular flexibility index (Phi) is 3.67. The molecule has 94 valence electrons. The first-order chi connectivity index (χ1) is 8.59. The smallest absolute Gasteiger partial charge is 0.253 e. The van der Waals surface area contributed by atoms with Crippen molar-refractivity contribution in [2.75, 3.05) is 0 Å². The molecule has 2 rings (SSSR count). The molecule has 0 spiro atoms. The minimum atomic E-state index is -0.201. The molecule has 18 heavy (non-hydrogen) atoms. The van der Waals surface area contributed by atoms with Crippen molar-refractivity contribution in [1.29, 1.82) is 0 Å². The minimum absolute atomic E-state index is 0.191. The second kappa shape index (κ2) is 5.23. The Balaban J connectivity index is 2.15. The number of carbonyl (C=O) groups excluding carboxylic acids is 1. The van der Waals surface area contributed by atoms with Gasteiger partial charge in [0.1, 0.15) is 5.82 Å². The summed E-state index contributed by atoms with van der Waals surface area (Å²) in [5.74, 6) is 0.514. The van der Waals surface area contributed by atoms with Crippen molar-refractivity contribution in [1.82, 2.24) is 15.3 Å². The van der Waals surface area contributed by atoms with Gasteiger partial charge in [-0.05, 0) is 25.5 Å². The fourth-order valence-corrected chi connectivity index (χ4v) is 1.89. The standard InChI is InChI=1S/C13H14ClN3O/c1-8-4-3-5-10(11(8)14)13(18)17-9(2)12-15-6-7-16-12/h3-7,9H,1-2H3,(H,15,16)(H,17,18). The Morgan fingerprint density at radius 3 is 2.94 bits per heavy atom. The lowest BCUT2D eigenvalue weighted by Crippen LogP contribution is -2.27. The summed E-state index contributed by atoms with van der Waals surface area (Å²) in [4.78, 5) is 19.1. The number of amides is 1. The van der Waals surface area contributed by atoms with E-state index in [0.29, 0.717) is 16.4 Å². The molecule has 1 aromatic heterocycles. The molecule has 1 amide bonds.